The third kappa shape index (κ3) is 4.26. The normalized spacial score (nSPS) is 45.0. The molecule has 0 aromatic heterocycles. The van der Waals surface area contributed by atoms with E-state index in [1.54, 1.807) is 6.92 Å². The quantitative estimate of drug-likeness (QED) is 0.440. The fraction of sp³-hybridized carbons (Fsp3) is 0.897. The summed E-state index contributed by atoms with van der Waals surface area (Å²) in [4.78, 5) is 11.6. The molecule has 9 atom stereocenters. The minimum Gasteiger partial charge on any atom is -0.350 e. The van der Waals surface area contributed by atoms with Crippen molar-refractivity contribution in [2.45, 2.75) is 112 Å². The first-order valence-corrected chi connectivity index (χ1v) is 13.6. The van der Waals surface area contributed by atoms with E-state index in [0.717, 1.165) is 47.8 Å². The van der Waals surface area contributed by atoms with Crippen molar-refractivity contribution < 1.29 is 4.79 Å². The molecular formula is C29H49NO. The number of nitrogens with one attached hydrogen (secondary N) is 1. The Morgan fingerprint density at radius 3 is 2.52 bits per heavy atom. The van der Waals surface area contributed by atoms with Crippen LogP contribution in [0.5, 0.6) is 0 Å². The first-order chi connectivity index (χ1) is 14.6. The summed E-state index contributed by atoms with van der Waals surface area (Å²) in [7, 11) is 0. The van der Waals surface area contributed by atoms with Crippen molar-refractivity contribution in [2.24, 2.45) is 52.3 Å². The van der Waals surface area contributed by atoms with Crippen LogP contribution in [-0.2, 0) is 4.79 Å². The van der Waals surface area contributed by atoms with Gasteiger partial charge < -0.3 is 5.32 Å². The lowest BCUT2D eigenvalue weighted by Crippen LogP contribution is -2.53. The van der Waals surface area contributed by atoms with Crippen LogP contribution >= 0.6 is 0 Å². The van der Waals surface area contributed by atoms with Crippen LogP contribution < -0.4 is 5.32 Å². The molecule has 0 heterocycles. The fourth-order valence-electron chi connectivity index (χ4n) is 9.20. The van der Waals surface area contributed by atoms with Gasteiger partial charge in [0.05, 0.1) is 0 Å². The molecule has 0 bridgehead atoms. The van der Waals surface area contributed by atoms with E-state index in [1.807, 2.05) is 0 Å². The molecule has 0 aromatic carbocycles. The van der Waals surface area contributed by atoms with Crippen LogP contribution in [0.1, 0.15) is 106 Å². The van der Waals surface area contributed by atoms with Gasteiger partial charge in [0.25, 0.3) is 0 Å². The molecule has 0 unspecified atom stereocenters. The van der Waals surface area contributed by atoms with Gasteiger partial charge in [-0.25, -0.2) is 0 Å². The topological polar surface area (TPSA) is 29.1 Å². The summed E-state index contributed by atoms with van der Waals surface area (Å²) in [6, 6.07) is 0.253. The number of hydrogen-bond donors (Lipinski definition) is 1. The van der Waals surface area contributed by atoms with Crippen molar-refractivity contribution in [3.63, 3.8) is 0 Å². The highest BCUT2D eigenvalue weighted by Crippen LogP contribution is 2.67. The Labute approximate surface area is 192 Å². The molecule has 0 aromatic rings. The first-order valence-electron chi connectivity index (χ1n) is 13.6. The number of amides is 1. The largest absolute Gasteiger partial charge is 0.350 e. The van der Waals surface area contributed by atoms with Crippen molar-refractivity contribution in [1.82, 2.24) is 5.32 Å². The molecule has 1 amide bonds. The molecular weight excluding hydrogens is 378 g/mol. The van der Waals surface area contributed by atoms with Gasteiger partial charge in [0.15, 0.2) is 0 Å². The second kappa shape index (κ2) is 8.86. The molecule has 0 spiro atoms. The third-order valence-corrected chi connectivity index (χ3v) is 10.8. The van der Waals surface area contributed by atoms with Gasteiger partial charge in [-0.1, -0.05) is 66.0 Å². The van der Waals surface area contributed by atoms with Crippen molar-refractivity contribution in [3.8, 4) is 0 Å². The summed E-state index contributed by atoms with van der Waals surface area (Å²) >= 11 is 0. The molecule has 3 fully saturated rings. The molecule has 4 aliphatic carbocycles. The predicted molar refractivity (Wildman–Crippen MR) is 131 cm³/mol. The van der Waals surface area contributed by atoms with E-state index >= 15 is 0 Å². The van der Waals surface area contributed by atoms with E-state index in [4.69, 9.17) is 0 Å². The van der Waals surface area contributed by atoms with E-state index in [-0.39, 0.29) is 11.9 Å². The van der Waals surface area contributed by atoms with E-state index in [2.05, 4.69) is 52.1 Å². The highest BCUT2D eigenvalue weighted by atomic mass is 16.1. The molecule has 0 radical (unpaired) electrons. The van der Waals surface area contributed by atoms with Crippen LogP contribution in [0.2, 0.25) is 0 Å². The maximum Gasteiger partial charge on any atom is 0.217 e. The fourth-order valence-corrected chi connectivity index (χ4v) is 9.20. The lowest BCUT2D eigenvalue weighted by Gasteiger charge is -2.60. The molecule has 0 saturated heterocycles. The molecule has 4 aliphatic rings. The van der Waals surface area contributed by atoms with Crippen molar-refractivity contribution >= 4 is 5.91 Å². The van der Waals surface area contributed by atoms with Crippen molar-refractivity contribution in [3.05, 3.63) is 12.2 Å². The van der Waals surface area contributed by atoms with E-state index < -0.39 is 0 Å². The second-order valence-electron chi connectivity index (χ2n) is 12.9. The molecule has 0 aliphatic heterocycles. The van der Waals surface area contributed by atoms with Crippen LogP contribution in [0.25, 0.3) is 0 Å². The maximum absolute atomic E-state index is 11.6. The number of allylic oxidation sites excluding steroid dienone is 1. The lowest BCUT2D eigenvalue weighted by atomic mass is 9.45. The highest BCUT2D eigenvalue weighted by molar-refractivity contribution is 5.73. The Balaban J connectivity index is 1.46. The molecule has 3 saturated carbocycles. The second-order valence-corrected chi connectivity index (χ2v) is 12.9. The number of fused-ring (bicyclic) bond motifs is 5. The van der Waals surface area contributed by atoms with Gasteiger partial charge in [-0.15, -0.1) is 0 Å². The third-order valence-electron chi connectivity index (χ3n) is 10.8. The number of rotatable bonds is 6. The van der Waals surface area contributed by atoms with Crippen LogP contribution in [0.15, 0.2) is 12.2 Å². The minimum absolute atomic E-state index is 0.111. The smallest absolute Gasteiger partial charge is 0.217 e. The average Bonchev–Trinajstić information content (AvgIpc) is 3.05. The van der Waals surface area contributed by atoms with E-state index in [0.29, 0.717) is 10.8 Å². The van der Waals surface area contributed by atoms with Gasteiger partial charge in [-0.3, -0.25) is 4.79 Å². The molecule has 176 valence electrons. The summed E-state index contributed by atoms with van der Waals surface area (Å²) in [5.41, 5.74) is 0.929. The van der Waals surface area contributed by atoms with Crippen molar-refractivity contribution in [2.75, 3.05) is 0 Å². The average molecular weight is 428 g/mol. The van der Waals surface area contributed by atoms with E-state index in [1.165, 1.54) is 57.8 Å². The zero-order chi connectivity index (χ0) is 22.4. The zero-order valence-electron chi connectivity index (χ0n) is 21.3. The lowest BCUT2D eigenvalue weighted by molar-refractivity contribution is -0.120. The zero-order valence-corrected chi connectivity index (χ0v) is 21.3. The van der Waals surface area contributed by atoms with Gasteiger partial charge in [-0.2, -0.15) is 0 Å². The van der Waals surface area contributed by atoms with Gasteiger partial charge in [0.2, 0.25) is 5.91 Å². The summed E-state index contributed by atoms with van der Waals surface area (Å²) < 4.78 is 0. The maximum atomic E-state index is 11.6. The molecule has 2 nitrogen and oxygen atoms in total. The summed E-state index contributed by atoms with van der Waals surface area (Å²) in [5, 5.41) is 3.16. The van der Waals surface area contributed by atoms with Gasteiger partial charge in [-0.05, 0) is 97.2 Å². The number of carbonyl (C=O) groups excluding carboxylic acids is 1. The standard InChI is InChI=1S/C29H49NO/c1-19(2)8-7-9-20(3)25-12-13-26-24-11-10-22-18-23(30-21(4)31)14-16-28(22,5)27(24)15-17-29(25,26)6/h14,16,19-20,22-27H,7-13,15,17-18H2,1-6H3,(H,30,31)/t20-,22+,23+,24+,25-,26+,27+,28+,29-/m1/s1. The molecule has 1 N–H and O–H groups in total. The predicted octanol–water partition coefficient (Wildman–Crippen LogP) is 7.39. The summed E-state index contributed by atoms with van der Waals surface area (Å²) in [6.07, 6.45) is 18.9. The van der Waals surface area contributed by atoms with Crippen LogP contribution in [0, 0.1) is 52.3 Å². The van der Waals surface area contributed by atoms with Crippen molar-refractivity contribution in [1.29, 1.82) is 0 Å². The first kappa shape index (κ1) is 23.4. The Kier molecular flexibility index (Phi) is 6.68. The number of hydrogen-bond acceptors (Lipinski definition) is 1. The molecule has 4 rings (SSSR count). The SMILES string of the molecule is CC(=O)N[C@H]1C=C[C@@]2(C)[C@@H](CC[C@@H]3[C@@H]2CC[C@]2(C)[C@@H]([C@H](C)CCCC(C)C)CC[C@@H]32)C1. The number of carbonyl (C=O) groups is 1. The van der Waals surface area contributed by atoms with Crippen LogP contribution in [-0.4, -0.2) is 11.9 Å². The summed E-state index contributed by atoms with van der Waals surface area (Å²) in [5.74, 6) is 6.27. The van der Waals surface area contributed by atoms with Crippen LogP contribution in [0.4, 0.5) is 0 Å². The van der Waals surface area contributed by atoms with E-state index in [9.17, 15) is 4.79 Å². The molecule has 2 heteroatoms. The van der Waals surface area contributed by atoms with Gasteiger partial charge in [0, 0.05) is 13.0 Å². The monoisotopic (exact) mass is 427 g/mol. The highest BCUT2D eigenvalue weighted by Gasteiger charge is 2.59. The van der Waals surface area contributed by atoms with Gasteiger partial charge >= 0.3 is 0 Å². The van der Waals surface area contributed by atoms with Crippen LogP contribution in [0.3, 0.4) is 0 Å². The molecule has 31 heavy (non-hydrogen) atoms. The Hall–Kier alpha value is -0.790. The minimum atomic E-state index is 0.111. The Bertz CT molecular complexity index is 682. The van der Waals surface area contributed by atoms with Gasteiger partial charge in [0.1, 0.15) is 0 Å². The summed E-state index contributed by atoms with van der Waals surface area (Å²) in [6.45, 7) is 14.2. The Morgan fingerprint density at radius 2 is 1.81 bits per heavy atom. The Morgan fingerprint density at radius 1 is 1.03 bits per heavy atom.